The molecule has 5 aromatic rings. The lowest BCUT2D eigenvalue weighted by Gasteiger charge is -2.16. The summed E-state index contributed by atoms with van der Waals surface area (Å²) in [5.41, 5.74) is 3.67. The first kappa shape index (κ1) is 21.7. The van der Waals surface area contributed by atoms with Crippen molar-refractivity contribution < 1.29 is 19.1 Å². The summed E-state index contributed by atoms with van der Waals surface area (Å²) < 4.78 is 7.38. The highest BCUT2D eigenvalue weighted by molar-refractivity contribution is 6.30. The lowest BCUT2D eigenvalue weighted by molar-refractivity contribution is 0.0696. The molecule has 0 saturated heterocycles. The third-order valence-electron chi connectivity index (χ3n) is 5.83. The highest BCUT2D eigenvalue weighted by Gasteiger charge is 2.21. The third kappa shape index (κ3) is 4.02. The number of amides is 1. The van der Waals surface area contributed by atoms with Crippen molar-refractivity contribution in [3.63, 3.8) is 0 Å². The number of benzene rings is 3. The van der Waals surface area contributed by atoms with Crippen LogP contribution in [0.4, 0.5) is 0 Å². The maximum absolute atomic E-state index is 13.4. The molecule has 0 saturated carbocycles. The van der Waals surface area contributed by atoms with Crippen LogP contribution in [0.3, 0.4) is 0 Å². The van der Waals surface area contributed by atoms with Crippen molar-refractivity contribution in [2.75, 3.05) is 0 Å². The second-order valence-corrected chi connectivity index (χ2v) is 8.51. The zero-order valence-corrected chi connectivity index (χ0v) is 18.9. The Labute approximate surface area is 199 Å². The van der Waals surface area contributed by atoms with E-state index in [1.54, 1.807) is 35.3 Å². The Morgan fingerprint density at radius 1 is 1.12 bits per heavy atom. The number of halogens is 1. The number of fused-ring (bicyclic) bond motifs is 3. The van der Waals surface area contributed by atoms with E-state index in [1.807, 2.05) is 37.3 Å². The van der Waals surface area contributed by atoms with Crippen molar-refractivity contribution >= 4 is 45.3 Å². The maximum Gasteiger partial charge on any atom is 0.335 e. The van der Waals surface area contributed by atoms with Crippen molar-refractivity contribution in [2.24, 2.45) is 0 Å². The molecule has 0 radical (unpaired) electrons. The van der Waals surface area contributed by atoms with Crippen molar-refractivity contribution in [2.45, 2.75) is 19.5 Å². The molecule has 0 aliphatic rings. The Morgan fingerprint density at radius 2 is 1.91 bits per heavy atom. The number of carbonyl (C=O) groups excluding carboxylic acids is 1. The number of furan rings is 1. The van der Waals surface area contributed by atoms with Crippen molar-refractivity contribution in [3.05, 3.63) is 100 Å². The Kier molecular flexibility index (Phi) is 5.55. The Balaban J connectivity index is 1.52. The highest BCUT2D eigenvalue weighted by Crippen LogP contribution is 2.30. The molecule has 0 bridgehead atoms. The maximum atomic E-state index is 13.4. The summed E-state index contributed by atoms with van der Waals surface area (Å²) in [5.74, 6) is -1.28. The summed E-state index contributed by atoms with van der Waals surface area (Å²) in [6.45, 7) is 2.29. The molecule has 34 heavy (non-hydrogen) atoms. The molecule has 2 N–H and O–H groups in total. The summed E-state index contributed by atoms with van der Waals surface area (Å²) >= 11 is 6.15. The predicted octanol–water partition coefficient (Wildman–Crippen LogP) is 5.67. The first-order valence-corrected chi connectivity index (χ1v) is 11.0. The second-order valence-electron chi connectivity index (χ2n) is 8.07. The topological polar surface area (TPSA) is 97.4 Å². The number of hydrogen-bond acceptors (Lipinski definition) is 4. The fourth-order valence-electron chi connectivity index (χ4n) is 4.09. The lowest BCUT2D eigenvalue weighted by atomic mass is 10.0. The van der Waals surface area contributed by atoms with E-state index in [4.69, 9.17) is 21.1 Å². The Morgan fingerprint density at radius 3 is 2.65 bits per heavy atom. The van der Waals surface area contributed by atoms with Crippen LogP contribution in [0.15, 0.2) is 77.5 Å². The molecule has 1 amide bonds. The average Bonchev–Trinajstić information content (AvgIpc) is 3.45. The predicted molar refractivity (Wildman–Crippen MR) is 129 cm³/mol. The van der Waals surface area contributed by atoms with Crippen LogP contribution < -0.4 is 5.32 Å². The molecule has 0 fully saturated rings. The average molecular weight is 474 g/mol. The second kappa shape index (κ2) is 8.68. The van der Waals surface area contributed by atoms with Crippen LogP contribution >= 0.6 is 11.6 Å². The quantitative estimate of drug-likeness (QED) is 0.331. The van der Waals surface area contributed by atoms with Crippen LogP contribution in [0.25, 0.3) is 21.9 Å². The van der Waals surface area contributed by atoms with Crippen LogP contribution in [0.1, 0.15) is 44.8 Å². The molecule has 3 aromatic carbocycles. The van der Waals surface area contributed by atoms with E-state index in [-0.39, 0.29) is 17.5 Å². The Bertz CT molecular complexity index is 1540. The summed E-state index contributed by atoms with van der Waals surface area (Å²) in [7, 11) is 0. The number of nitrogens with zero attached hydrogens (tertiary/aromatic N) is 2. The van der Waals surface area contributed by atoms with Gasteiger partial charge in [-0.1, -0.05) is 35.9 Å². The number of carboxylic acids is 1. The van der Waals surface area contributed by atoms with Gasteiger partial charge in [0, 0.05) is 15.8 Å². The fraction of sp³-hybridized carbons (Fsp3) is 0.115. The van der Waals surface area contributed by atoms with Crippen molar-refractivity contribution in [3.8, 4) is 0 Å². The molecular weight excluding hydrogens is 454 g/mol. The van der Waals surface area contributed by atoms with E-state index in [1.165, 1.54) is 12.1 Å². The van der Waals surface area contributed by atoms with Crippen LogP contribution in [0, 0.1) is 0 Å². The molecule has 0 aliphatic carbocycles. The van der Waals surface area contributed by atoms with Crippen molar-refractivity contribution in [1.82, 2.24) is 15.1 Å². The molecule has 170 valence electrons. The minimum Gasteiger partial charge on any atom is -0.478 e. The van der Waals surface area contributed by atoms with Gasteiger partial charge in [-0.15, -0.1) is 0 Å². The third-order valence-corrected chi connectivity index (χ3v) is 6.06. The van der Waals surface area contributed by atoms with Gasteiger partial charge in [-0.25, -0.2) is 4.79 Å². The molecule has 0 unspecified atom stereocenters. The normalized spacial score (nSPS) is 12.2. The lowest BCUT2D eigenvalue weighted by Crippen LogP contribution is -2.27. The number of nitrogens with one attached hydrogen (secondary N) is 1. The van der Waals surface area contributed by atoms with Gasteiger partial charge in [-0.2, -0.15) is 5.10 Å². The highest BCUT2D eigenvalue weighted by atomic mass is 35.5. The number of carbonyl (C=O) groups is 2. The molecule has 2 aromatic heterocycles. The van der Waals surface area contributed by atoms with E-state index in [0.717, 1.165) is 21.9 Å². The smallest absolute Gasteiger partial charge is 0.335 e. The van der Waals surface area contributed by atoms with Gasteiger partial charge >= 0.3 is 5.97 Å². The SMILES string of the molecule is C[C@H](NC(=O)c1cc2occc2c2cnn(Cc3cccc(Cl)c3)c12)c1ccc(C(=O)O)cc1. The number of hydrogen-bond donors (Lipinski definition) is 2. The zero-order chi connectivity index (χ0) is 23.8. The van der Waals surface area contributed by atoms with Gasteiger partial charge in [-0.3, -0.25) is 9.48 Å². The monoisotopic (exact) mass is 473 g/mol. The van der Waals surface area contributed by atoms with Gasteiger partial charge in [0.2, 0.25) is 0 Å². The number of rotatable bonds is 6. The molecule has 0 spiro atoms. The summed E-state index contributed by atoms with van der Waals surface area (Å²) in [4.78, 5) is 24.5. The minimum atomic E-state index is -0.995. The van der Waals surface area contributed by atoms with Gasteiger partial charge in [0.05, 0.1) is 41.7 Å². The molecule has 5 rings (SSSR count). The minimum absolute atomic E-state index is 0.192. The standard InChI is InChI=1S/C26H20ClN3O4/c1-15(17-5-7-18(8-6-17)26(32)33)29-25(31)21-12-23-20(9-10-34-23)22-13-28-30(24(21)22)14-16-3-2-4-19(27)11-16/h2-13,15H,14H2,1H3,(H,29,31)(H,32,33)/t15-/m0/s1. The molecule has 0 aliphatic heterocycles. The van der Waals surface area contributed by atoms with E-state index in [0.29, 0.717) is 28.2 Å². The molecular formula is C26H20ClN3O4. The van der Waals surface area contributed by atoms with Crippen molar-refractivity contribution in [1.29, 1.82) is 0 Å². The van der Waals surface area contributed by atoms with Crippen LogP contribution in [-0.4, -0.2) is 26.8 Å². The van der Waals surface area contributed by atoms with Gasteiger partial charge < -0.3 is 14.8 Å². The largest absolute Gasteiger partial charge is 0.478 e. The van der Waals surface area contributed by atoms with Gasteiger partial charge in [-0.05, 0) is 54.4 Å². The van der Waals surface area contributed by atoms with E-state index in [2.05, 4.69) is 10.4 Å². The van der Waals surface area contributed by atoms with E-state index >= 15 is 0 Å². The first-order chi connectivity index (χ1) is 16.4. The molecule has 1 atom stereocenters. The van der Waals surface area contributed by atoms with Crippen LogP contribution in [0.5, 0.6) is 0 Å². The number of aromatic carboxylic acids is 1. The summed E-state index contributed by atoms with van der Waals surface area (Å²) in [5, 5.41) is 19.0. The number of carboxylic acid groups (broad SMARTS) is 1. The van der Waals surface area contributed by atoms with Gasteiger partial charge in [0.1, 0.15) is 5.58 Å². The summed E-state index contributed by atoms with van der Waals surface area (Å²) in [6.07, 6.45) is 3.33. The fourth-order valence-corrected chi connectivity index (χ4v) is 4.31. The summed E-state index contributed by atoms with van der Waals surface area (Å²) in [6, 6.07) is 17.2. The van der Waals surface area contributed by atoms with E-state index < -0.39 is 5.97 Å². The van der Waals surface area contributed by atoms with Gasteiger partial charge in [0.15, 0.2) is 0 Å². The molecule has 2 heterocycles. The zero-order valence-electron chi connectivity index (χ0n) is 18.2. The molecule has 7 nitrogen and oxygen atoms in total. The van der Waals surface area contributed by atoms with Crippen LogP contribution in [-0.2, 0) is 6.54 Å². The Hall–Kier alpha value is -4.10. The molecule has 8 heteroatoms. The number of aromatic nitrogens is 2. The first-order valence-electron chi connectivity index (χ1n) is 10.6. The van der Waals surface area contributed by atoms with E-state index in [9.17, 15) is 9.59 Å². The van der Waals surface area contributed by atoms with Crippen LogP contribution in [0.2, 0.25) is 5.02 Å². The van der Waals surface area contributed by atoms with Gasteiger partial charge in [0.25, 0.3) is 5.91 Å².